The molecule has 0 heterocycles. The Morgan fingerprint density at radius 1 is 0.522 bits per heavy atom. The van der Waals surface area contributed by atoms with E-state index in [1.165, 1.54) is 38.9 Å². The van der Waals surface area contributed by atoms with Gasteiger partial charge in [-0.05, 0) is 67.0 Å². The Bertz CT molecular complexity index is 777. The molecule has 3 aromatic rings. The molecule has 0 saturated carbocycles. The van der Waals surface area contributed by atoms with Gasteiger partial charge in [0.05, 0.1) is 0 Å². The molecule has 116 valence electrons. The highest BCUT2D eigenvalue weighted by molar-refractivity contribution is 5.65. The molecule has 0 unspecified atom stereocenters. The van der Waals surface area contributed by atoms with E-state index in [1.54, 1.807) is 0 Å². The largest absolute Gasteiger partial charge is 0.0591 e. The monoisotopic (exact) mass is 300 g/mol. The first-order valence-electron chi connectivity index (χ1n) is 8.34. The summed E-state index contributed by atoms with van der Waals surface area (Å²) in [6.07, 6.45) is 2.19. The van der Waals surface area contributed by atoms with Crippen molar-refractivity contribution in [1.29, 1.82) is 0 Å². The number of rotatable bonds is 4. The van der Waals surface area contributed by atoms with Gasteiger partial charge in [-0.3, -0.25) is 0 Å². The second kappa shape index (κ2) is 6.83. The molecule has 0 spiro atoms. The van der Waals surface area contributed by atoms with Crippen LogP contribution in [0, 0.1) is 20.8 Å². The van der Waals surface area contributed by atoms with Crippen LogP contribution in [-0.4, -0.2) is 0 Å². The molecule has 0 aliphatic heterocycles. The molecule has 0 aliphatic carbocycles. The summed E-state index contributed by atoms with van der Waals surface area (Å²) in [6, 6.07) is 24.6. The van der Waals surface area contributed by atoms with Crippen molar-refractivity contribution >= 4 is 0 Å². The van der Waals surface area contributed by atoms with Gasteiger partial charge < -0.3 is 0 Å². The van der Waals surface area contributed by atoms with E-state index in [9.17, 15) is 0 Å². The fourth-order valence-corrected chi connectivity index (χ4v) is 2.83. The van der Waals surface area contributed by atoms with Crippen LogP contribution in [0.25, 0.3) is 11.1 Å². The van der Waals surface area contributed by atoms with Crippen molar-refractivity contribution < 1.29 is 0 Å². The maximum atomic E-state index is 2.27. The highest BCUT2D eigenvalue weighted by Crippen LogP contribution is 2.23. The molecule has 0 aromatic heterocycles. The summed E-state index contributed by atoms with van der Waals surface area (Å²) in [4.78, 5) is 0. The van der Waals surface area contributed by atoms with Gasteiger partial charge >= 0.3 is 0 Å². The van der Waals surface area contributed by atoms with E-state index >= 15 is 0 Å². The number of aryl methyl sites for hydroxylation is 5. The highest BCUT2D eigenvalue weighted by atomic mass is 14.1. The molecule has 23 heavy (non-hydrogen) atoms. The molecule has 0 N–H and O–H groups in total. The Balaban J connectivity index is 1.69. The maximum Gasteiger partial charge on any atom is -0.0181 e. The zero-order chi connectivity index (χ0) is 16.2. The predicted octanol–water partition coefficient (Wildman–Crippen LogP) is 6.06. The third-order valence-corrected chi connectivity index (χ3v) is 4.62. The van der Waals surface area contributed by atoms with Gasteiger partial charge in [-0.15, -0.1) is 0 Å². The maximum absolute atomic E-state index is 2.27. The van der Waals surface area contributed by atoms with Gasteiger partial charge in [0.15, 0.2) is 0 Å². The van der Waals surface area contributed by atoms with Crippen molar-refractivity contribution in [2.24, 2.45) is 0 Å². The summed E-state index contributed by atoms with van der Waals surface area (Å²) < 4.78 is 0. The molecule has 0 nitrogen and oxygen atoms in total. The SMILES string of the molecule is Cc1ccc(CCc2ccc(-c3ccc(C)c(C)c3)cc2)cc1. The van der Waals surface area contributed by atoms with Crippen molar-refractivity contribution in [2.75, 3.05) is 0 Å². The summed E-state index contributed by atoms with van der Waals surface area (Å²) >= 11 is 0. The molecule has 3 rings (SSSR count). The van der Waals surface area contributed by atoms with Gasteiger partial charge in [0.25, 0.3) is 0 Å². The molecule has 0 bridgehead atoms. The van der Waals surface area contributed by atoms with Gasteiger partial charge in [0, 0.05) is 0 Å². The van der Waals surface area contributed by atoms with Crippen LogP contribution in [0.1, 0.15) is 27.8 Å². The number of hydrogen-bond acceptors (Lipinski definition) is 0. The minimum Gasteiger partial charge on any atom is -0.0591 e. The lowest BCUT2D eigenvalue weighted by Crippen LogP contribution is -1.91. The van der Waals surface area contributed by atoms with Crippen molar-refractivity contribution in [3.8, 4) is 11.1 Å². The fraction of sp³-hybridized carbons (Fsp3) is 0.217. The standard InChI is InChI=1S/C23H24/c1-17-4-7-20(8-5-17)9-10-21-11-14-22(15-12-21)23-13-6-18(2)19(3)16-23/h4-8,11-16H,9-10H2,1-3H3. The second-order valence-corrected chi connectivity index (χ2v) is 6.48. The van der Waals surface area contributed by atoms with E-state index in [1.807, 2.05) is 0 Å². The molecule has 0 heteroatoms. The van der Waals surface area contributed by atoms with E-state index in [0.29, 0.717) is 0 Å². The van der Waals surface area contributed by atoms with Gasteiger partial charge in [-0.1, -0.05) is 72.3 Å². The average molecular weight is 300 g/mol. The Hall–Kier alpha value is -2.34. The molecule has 0 fully saturated rings. The summed E-state index contributed by atoms with van der Waals surface area (Å²) in [5.74, 6) is 0. The first-order valence-corrected chi connectivity index (χ1v) is 8.34. The topological polar surface area (TPSA) is 0 Å². The van der Waals surface area contributed by atoms with Crippen LogP contribution in [0.15, 0.2) is 66.7 Å². The lowest BCUT2D eigenvalue weighted by atomic mass is 9.98. The molecule has 0 atom stereocenters. The zero-order valence-corrected chi connectivity index (χ0v) is 14.3. The Kier molecular flexibility index (Phi) is 4.62. The summed E-state index contributed by atoms with van der Waals surface area (Å²) in [5.41, 5.74) is 9.44. The smallest absolute Gasteiger partial charge is 0.0181 e. The molecule has 0 aliphatic rings. The number of hydrogen-bond donors (Lipinski definition) is 0. The van der Waals surface area contributed by atoms with Crippen LogP contribution >= 0.6 is 0 Å². The summed E-state index contributed by atoms with van der Waals surface area (Å²) in [6.45, 7) is 6.47. The summed E-state index contributed by atoms with van der Waals surface area (Å²) in [5, 5.41) is 0. The van der Waals surface area contributed by atoms with E-state index in [2.05, 4.69) is 87.5 Å². The first-order chi connectivity index (χ1) is 11.1. The highest BCUT2D eigenvalue weighted by Gasteiger charge is 2.01. The average Bonchev–Trinajstić information content (AvgIpc) is 2.57. The van der Waals surface area contributed by atoms with Crippen LogP contribution in [0.2, 0.25) is 0 Å². The zero-order valence-electron chi connectivity index (χ0n) is 14.3. The second-order valence-electron chi connectivity index (χ2n) is 6.48. The van der Waals surface area contributed by atoms with Crippen molar-refractivity contribution in [1.82, 2.24) is 0 Å². The molecule has 0 saturated heterocycles. The third-order valence-electron chi connectivity index (χ3n) is 4.62. The van der Waals surface area contributed by atoms with E-state index in [4.69, 9.17) is 0 Å². The third kappa shape index (κ3) is 3.90. The fourth-order valence-electron chi connectivity index (χ4n) is 2.83. The Morgan fingerprint density at radius 3 is 1.61 bits per heavy atom. The molecule has 3 aromatic carbocycles. The van der Waals surface area contributed by atoms with E-state index in [-0.39, 0.29) is 0 Å². The van der Waals surface area contributed by atoms with Gasteiger partial charge in [-0.2, -0.15) is 0 Å². The van der Waals surface area contributed by atoms with Crippen LogP contribution in [0.5, 0.6) is 0 Å². The van der Waals surface area contributed by atoms with Gasteiger partial charge in [0.1, 0.15) is 0 Å². The normalized spacial score (nSPS) is 10.7. The minimum absolute atomic E-state index is 1.09. The molecular weight excluding hydrogens is 276 g/mol. The Labute approximate surface area is 139 Å². The quantitative estimate of drug-likeness (QED) is 0.549. The number of benzene rings is 3. The van der Waals surface area contributed by atoms with E-state index in [0.717, 1.165) is 12.8 Å². The lowest BCUT2D eigenvalue weighted by Gasteiger charge is -2.07. The molecule has 0 radical (unpaired) electrons. The minimum atomic E-state index is 1.09. The van der Waals surface area contributed by atoms with Gasteiger partial charge in [-0.25, -0.2) is 0 Å². The van der Waals surface area contributed by atoms with Gasteiger partial charge in [0.2, 0.25) is 0 Å². The Morgan fingerprint density at radius 2 is 1.04 bits per heavy atom. The summed E-state index contributed by atoms with van der Waals surface area (Å²) in [7, 11) is 0. The van der Waals surface area contributed by atoms with Crippen molar-refractivity contribution in [2.45, 2.75) is 33.6 Å². The van der Waals surface area contributed by atoms with Crippen LogP contribution < -0.4 is 0 Å². The van der Waals surface area contributed by atoms with Crippen LogP contribution in [-0.2, 0) is 12.8 Å². The van der Waals surface area contributed by atoms with Crippen molar-refractivity contribution in [3.05, 3.63) is 94.5 Å². The first kappa shape index (κ1) is 15.6. The van der Waals surface area contributed by atoms with E-state index < -0.39 is 0 Å². The predicted molar refractivity (Wildman–Crippen MR) is 99.9 cm³/mol. The van der Waals surface area contributed by atoms with Crippen molar-refractivity contribution in [3.63, 3.8) is 0 Å². The van der Waals surface area contributed by atoms with Crippen LogP contribution in [0.4, 0.5) is 0 Å². The van der Waals surface area contributed by atoms with Crippen LogP contribution in [0.3, 0.4) is 0 Å². The molecular formula is C23H24. The molecule has 0 amide bonds. The lowest BCUT2D eigenvalue weighted by molar-refractivity contribution is 0.959.